The molecule has 0 amide bonds. The smallest absolute Gasteiger partial charge is 0.151 e. The highest BCUT2D eigenvalue weighted by Crippen LogP contribution is 2.21. The van der Waals surface area contributed by atoms with Crippen molar-refractivity contribution in [1.82, 2.24) is 0 Å². The number of hydrogen-bond acceptors (Lipinski definition) is 5. The van der Waals surface area contributed by atoms with Gasteiger partial charge in [0, 0.05) is 14.2 Å². The molecule has 94 valence electrons. The first-order valence-corrected chi connectivity index (χ1v) is 6.99. The molecule has 0 radical (unpaired) electrons. The SMILES string of the molecule is O=C[C@H](O)[C@H](O)[C@H](O)CSc1ccc(I)cc1. The molecule has 0 heterocycles. The maximum atomic E-state index is 10.2. The van der Waals surface area contributed by atoms with Crippen molar-refractivity contribution in [3.63, 3.8) is 0 Å². The second-order valence-corrected chi connectivity index (χ2v) is 5.79. The van der Waals surface area contributed by atoms with Crippen molar-refractivity contribution in [2.24, 2.45) is 0 Å². The molecular formula is C11H13IO4S. The zero-order chi connectivity index (χ0) is 12.8. The molecule has 6 heteroatoms. The molecule has 0 saturated carbocycles. The number of benzene rings is 1. The third kappa shape index (κ3) is 4.92. The van der Waals surface area contributed by atoms with Gasteiger partial charge in [-0.3, -0.25) is 0 Å². The molecule has 1 aromatic carbocycles. The molecular weight excluding hydrogens is 355 g/mol. The molecule has 1 rings (SSSR count). The second kappa shape index (κ2) is 7.32. The van der Waals surface area contributed by atoms with Crippen LogP contribution < -0.4 is 0 Å². The Bertz CT molecular complexity index is 357. The Morgan fingerprint density at radius 1 is 1.24 bits per heavy atom. The average Bonchev–Trinajstić information content (AvgIpc) is 2.35. The summed E-state index contributed by atoms with van der Waals surface area (Å²) in [6.07, 6.45) is -3.91. The van der Waals surface area contributed by atoms with Gasteiger partial charge in [-0.25, -0.2) is 0 Å². The van der Waals surface area contributed by atoms with Gasteiger partial charge in [0.05, 0.1) is 6.10 Å². The molecule has 0 spiro atoms. The number of hydrogen-bond donors (Lipinski definition) is 3. The highest BCUT2D eigenvalue weighted by Gasteiger charge is 2.24. The summed E-state index contributed by atoms with van der Waals surface area (Å²) in [5.41, 5.74) is 0. The molecule has 0 aromatic heterocycles. The fraction of sp³-hybridized carbons (Fsp3) is 0.364. The van der Waals surface area contributed by atoms with E-state index in [4.69, 9.17) is 5.11 Å². The van der Waals surface area contributed by atoms with E-state index in [-0.39, 0.29) is 12.0 Å². The van der Waals surface area contributed by atoms with Gasteiger partial charge in [-0.15, -0.1) is 11.8 Å². The molecule has 0 aliphatic heterocycles. The van der Waals surface area contributed by atoms with E-state index in [0.29, 0.717) is 0 Å². The van der Waals surface area contributed by atoms with Crippen LogP contribution in [0, 0.1) is 3.57 Å². The lowest BCUT2D eigenvalue weighted by Gasteiger charge is -2.18. The van der Waals surface area contributed by atoms with Crippen molar-refractivity contribution in [3.8, 4) is 0 Å². The fourth-order valence-electron chi connectivity index (χ4n) is 1.12. The molecule has 0 aliphatic rings. The van der Waals surface area contributed by atoms with Gasteiger partial charge in [-0.05, 0) is 46.9 Å². The Morgan fingerprint density at radius 3 is 2.35 bits per heavy atom. The Labute approximate surface area is 117 Å². The zero-order valence-corrected chi connectivity index (χ0v) is 11.8. The van der Waals surface area contributed by atoms with Crippen molar-refractivity contribution in [2.75, 3.05) is 5.75 Å². The molecule has 17 heavy (non-hydrogen) atoms. The zero-order valence-electron chi connectivity index (χ0n) is 8.86. The molecule has 1 aromatic rings. The Balaban J connectivity index is 2.45. The van der Waals surface area contributed by atoms with Gasteiger partial charge in [0.2, 0.25) is 0 Å². The van der Waals surface area contributed by atoms with Crippen molar-refractivity contribution in [1.29, 1.82) is 0 Å². The van der Waals surface area contributed by atoms with E-state index in [9.17, 15) is 15.0 Å². The first kappa shape index (κ1) is 14.9. The lowest BCUT2D eigenvalue weighted by Crippen LogP contribution is -2.39. The van der Waals surface area contributed by atoms with Crippen LogP contribution in [-0.2, 0) is 4.79 Å². The third-order valence-electron chi connectivity index (χ3n) is 2.12. The van der Waals surface area contributed by atoms with Crippen LogP contribution >= 0.6 is 34.4 Å². The molecule has 0 aliphatic carbocycles. The van der Waals surface area contributed by atoms with Crippen LogP contribution in [0.1, 0.15) is 0 Å². The molecule has 4 nitrogen and oxygen atoms in total. The first-order chi connectivity index (χ1) is 8.04. The van der Waals surface area contributed by atoms with Crippen LogP contribution in [0.15, 0.2) is 29.2 Å². The standard InChI is InChI=1S/C11H13IO4S/c12-7-1-3-8(4-2-7)17-6-10(15)11(16)9(14)5-13/h1-5,9-11,14-16H,6H2/t9-,10+,11-/m0/s1. The number of aldehydes is 1. The number of thioether (sulfide) groups is 1. The number of carbonyl (C=O) groups is 1. The lowest BCUT2D eigenvalue weighted by molar-refractivity contribution is -0.124. The quantitative estimate of drug-likeness (QED) is 0.391. The minimum Gasteiger partial charge on any atom is -0.389 e. The number of aliphatic hydroxyl groups excluding tert-OH is 3. The van der Waals surface area contributed by atoms with E-state index in [0.717, 1.165) is 8.47 Å². The molecule has 3 N–H and O–H groups in total. The van der Waals surface area contributed by atoms with Crippen molar-refractivity contribution in [2.45, 2.75) is 23.2 Å². The van der Waals surface area contributed by atoms with Gasteiger partial charge < -0.3 is 20.1 Å². The lowest BCUT2D eigenvalue weighted by atomic mass is 10.1. The van der Waals surface area contributed by atoms with Crippen LogP contribution in [0.3, 0.4) is 0 Å². The molecule has 0 bridgehead atoms. The monoisotopic (exact) mass is 368 g/mol. The molecule has 3 atom stereocenters. The van der Waals surface area contributed by atoms with Gasteiger partial charge in [0.25, 0.3) is 0 Å². The predicted octanol–water partition coefficient (Wildman–Crippen LogP) is 0.665. The summed E-state index contributed by atoms with van der Waals surface area (Å²) >= 11 is 3.55. The fourth-order valence-corrected chi connectivity index (χ4v) is 2.37. The van der Waals surface area contributed by atoms with E-state index in [2.05, 4.69) is 22.6 Å². The minimum atomic E-state index is -1.54. The van der Waals surface area contributed by atoms with Crippen LogP contribution in [0.5, 0.6) is 0 Å². The maximum absolute atomic E-state index is 10.2. The number of rotatable bonds is 6. The second-order valence-electron chi connectivity index (χ2n) is 3.45. The maximum Gasteiger partial charge on any atom is 0.151 e. The largest absolute Gasteiger partial charge is 0.389 e. The van der Waals surface area contributed by atoms with Crippen LogP contribution in [0.2, 0.25) is 0 Å². The van der Waals surface area contributed by atoms with E-state index in [1.165, 1.54) is 11.8 Å². The summed E-state index contributed by atoms with van der Waals surface area (Å²) in [5, 5.41) is 27.9. The van der Waals surface area contributed by atoms with Gasteiger partial charge in [0.1, 0.15) is 12.2 Å². The van der Waals surface area contributed by atoms with Crippen LogP contribution in [0.25, 0.3) is 0 Å². The summed E-state index contributed by atoms with van der Waals surface area (Å²) < 4.78 is 1.11. The predicted molar refractivity (Wildman–Crippen MR) is 74.0 cm³/mol. The van der Waals surface area contributed by atoms with Gasteiger partial charge in [-0.2, -0.15) is 0 Å². The van der Waals surface area contributed by atoms with E-state index in [1.54, 1.807) is 0 Å². The summed E-state index contributed by atoms with van der Waals surface area (Å²) in [6.45, 7) is 0. The normalized spacial score (nSPS) is 16.2. The number of aliphatic hydroxyl groups is 3. The average molecular weight is 368 g/mol. The van der Waals surface area contributed by atoms with Crippen molar-refractivity contribution < 1.29 is 20.1 Å². The summed E-state index contributed by atoms with van der Waals surface area (Å²) in [7, 11) is 0. The molecule has 0 saturated heterocycles. The van der Waals surface area contributed by atoms with E-state index < -0.39 is 18.3 Å². The Morgan fingerprint density at radius 2 is 1.82 bits per heavy atom. The van der Waals surface area contributed by atoms with Gasteiger partial charge in [-0.1, -0.05) is 0 Å². The van der Waals surface area contributed by atoms with Crippen molar-refractivity contribution in [3.05, 3.63) is 27.8 Å². The highest BCUT2D eigenvalue weighted by atomic mass is 127. The summed E-state index contributed by atoms with van der Waals surface area (Å²) in [4.78, 5) is 11.2. The minimum absolute atomic E-state index is 0.212. The van der Waals surface area contributed by atoms with Crippen LogP contribution in [-0.4, -0.2) is 45.7 Å². The van der Waals surface area contributed by atoms with Crippen molar-refractivity contribution >= 4 is 40.6 Å². The van der Waals surface area contributed by atoms with Crippen LogP contribution in [0.4, 0.5) is 0 Å². The Hall–Kier alpha value is -0.150. The van der Waals surface area contributed by atoms with Gasteiger partial charge in [0.15, 0.2) is 6.29 Å². The Kier molecular flexibility index (Phi) is 6.42. The number of halogens is 1. The first-order valence-electron chi connectivity index (χ1n) is 4.92. The summed E-state index contributed by atoms with van der Waals surface area (Å²) in [6, 6.07) is 7.68. The molecule has 0 fully saturated rings. The van der Waals surface area contributed by atoms with Gasteiger partial charge >= 0.3 is 0 Å². The summed E-state index contributed by atoms with van der Waals surface area (Å²) in [5.74, 6) is 0.215. The topological polar surface area (TPSA) is 77.8 Å². The highest BCUT2D eigenvalue weighted by molar-refractivity contribution is 14.1. The van der Waals surface area contributed by atoms with E-state index in [1.807, 2.05) is 24.3 Å². The third-order valence-corrected chi connectivity index (χ3v) is 3.95. The van der Waals surface area contributed by atoms with E-state index >= 15 is 0 Å². The number of carbonyl (C=O) groups excluding carboxylic acids is 1. The molecule has 0 unspecified atom stereocenters.